The van der Waals surface area contributed by atoms with Crippen LogP contribution in [-0.4, -0.2) is 23.8 Å². The van der Waals surface area contributed by atoms with Gasteiger partial charge in [0, 0.05) is 5.57 Å². The van der Waals surface area contributed by atoms with Crippen LogP contribution in [0, 0.1) is 0 Å². The van der Waals surface area contributed by atoms with Crippen LogP contribution in [0.2, 0.25) is 0 Å². The summed E-state index contributed by atoms with van der Waals surface area (Å²) in [4.78, 5) is 11.2. The van der Waals surface area contributed by atoms with Crippen LogP contribution < -0.4 is 0 Å². The average molecular weight is 327 g/mol. The summed E-state index contributed by atoms with van der Waals surface area (Å²) in [7, 11) is 0. The number of carbonyl (C=O) groups excluding carboxylic acids is 1. The standard InChI is InChI=1S/C20H38O3/c1-4-5-6-7-8-9-10-11-12-13-14-15-16-19(21)17-23-20(22)18(2)3/h19,21H,2,4-17H2,1,3H3. The van der Waals surface area contributed by atoms with E-state index in [0.717, 1.165) is 12.8 Å². The Morgan fingerprint density at radius 2 is 1.35 bits per heavy atom. The minimum absolute atomic E-state index is 0.0870. The Balaban J connectivity index is 3.23. The summed E-state index contributed by atoms with van der Waals surface area (Å²) in [6, 6.07) is 0. The third kappa shape index (κ3) is 15.8. The maximum absolute atomic E-state index is 11.2. The summed E-state index contributed by atoms with van der Waals surface area (Å²) in [5, 5.41) is 9.73. The van der Waals surface area contributed by atoms with E-state index in [1.54, 1.807) is 6.92 Å². The van der Waals surface area contributed by atoms with Gasteiger partial charge < -0.3 is 9.84 Å². The fraction of sp³-hybridized carbons (Fsp3) is 0.850. The molecule has 23 heavy (non-hydrogen) atoms. The Hall–Kier alpha value is -0.830. The van der Waals surface area contributed by atoms with Crippen LogP contribution in [0.5, 0.6) is 0 Å². The lowest BCUT2D eigenvalue weighted by molar-refractivity contribution is -0.142. The third-order valence-corrected chi connectivity index (χ3v) is 4.15. The number of ether oxygens (including phenoxy) is 1. The molecule has 0 aliphatic rings. The molecule has 3 heteroatoms. The number of rotatable bonds is 16. The first-order chi connectivity index (χ1) is 11.1. The first kappa shape index (κ1) is 22.2. The van der Waals surface area contributed by atoms with Gasteiger partial charge >= 0.3 is 5.97 Å². The minimum atomic E-state index is -0.540. The summed E-state index contributed by atoms with van der Waals surface area (Å²) in [5.74, 6) is -0.418. The van der Waals surface area contributed by atoms with Crippen LogP contribution in [-0.2, 0) is 9.53 Å². The minimum Gasteiger partial charge on any atom is -0.460 e. The Bertz CT molecular complexity index is 299. The van der Waals surface area contributed by atoms with Crippen molar-refractivity contribution in [1.82, 2.24) is 0 Å². The molecule has 0 aromatic rings. The van der Waals surface area contributed by atoms with Crippen molar-refractivity contribution in [2.75, 3.05) is 6.61 Å². The number of hydrogen-bond donors (Lipinski definition) is 1. The number of aliphatic hydroxyl groups is 1. The van der Waals surface area contributed by atoms with E-state index in [9.17, 15) is 9.90 Å². The molecular formula is C20H38O3. The van der Waals surface area contributed by atoms with Gasteiger partial charge in [0.05, 0.1) is 6.10 Å². The number of esters is 1. The van der Waals surface area contributed by atoms with Crippen molar-refractivity contribution in [1.29, 1.82) is 0 Å². The first-order valence-corrected chi connectivity index (χ1v) is 9.58. The Labute approximate surface area is 143 Å². The topological polar surface area (TPSA) is 46.5 Å². The molecule has 0 saturated carbocycles. The maximum Gasteiger partial charge on any atom is 0.333 e. The molecule has 0 aliphatic carbocycles. The molecule has 0 aromatic heterocycles. The van der Waals surface area contributed by atoms with Crippen molar-refractivity contribution in [3.8, 4) is 0 Å². The molecule has 0 radical (unpaired) electrons. The molecule has 1 unspecified atom stereocenters. The molecule has 0 bridgehead atoms. The lowest BCUT2D eigenvalue weighted by Gasteiger charge is -2.11. The Morgan fingerprint density at radius 1 is 0.913 bits per heavy atom. The fourth-order valence-corrected chi connectivity index (χ4v) is 2.60. The molecule has 136 valence electrons. The molecule has 0 spiro atoms. The van der Waals surface area contributed by atoms with Gasteiger partial charge in [0.2, 0.25) is 0 Å². The van der Waals surface area contributed by atoms with E-state index >= 15 is 0 Å². The second kappa shape index (κ2) is 16.0. The molecule has 0 saturated heterocycles. The highest BCUT2D eigenvalue weighted by atomic mass is 16.5. The van der Waals surface area contributed by atoms with Gasteiger partial charge in [-0.25, -0.2) is 4.79 Å². The predicted molar refractivity (Wildman–Crippen MR) is 97.5 cm³/mol. The highest BCUT2D eigenvalue weighted by Gasteiger charge is 2.08. The van der Waals surface area contributed by atoms with Crippen LogP contribution in [0.15, 0.2) is 12.2 Å². The summed E-state index contributed by atoms with van der Waals surface area (Å²) in [5.41, 5.74) is 0.377. The predicted octanol–water partition coefficient (Wildman–Crippen LogP) is 5.56. The second-order valence-corrected chi connectivity index (χ2v) is 6.71. The molecule has 3 nitrogen and oxygen atoms in total. The summed E-state index contributed by atoms with van der Waals surface area (Å²) < 4.78 is 4.93. The Morgan fingerprint density at radius 3 is 1.78 bits per heavy atom. The van der Waals surface area contributed by atoms with Gasteiger partial charge in [-0.3, -0.25) is 0 Å². The lowest BCUT2D eigenvalue weighted by Crippen LogP contribution is -2.18. The van der Waals surface area contributed by atoms with E-state index < -0.39 is 12.1 Å². The quantitative estimate of drug-likeness (QED) is 0.229. The maximum atomic E-state index is 11.2. The Kier molecular flexibility index (Phi) is 15.5. The van der Waals surface area contributed by atoms with E-state index in [1.807, 2.05) is 0 Å². The van der Waals surface area contributed by atoms with Crippen molar-refractivity contribution >= 4 is 5.97 Å². The lowest BCUT2D eigenvalue weighted by atomic mass is 10.0. The zero-order valence-electron chi connectivity index (χ0n) is 15.4. The largest absolute Gasteiger partial charge is 0.460 e. The molecule has 0 amide bonds. The van der Waals surface area contributed by atoms with Gasteiger partial charge in [0.1, 0.15) is 6.61 Å². The zero-order chi connectivity index (χ0) is 17.3. The summed E-state index contributed by atoms with van der Waals surface area (Å²) in [6.45, 7) is 7.47. The highest BCUT2D eigenvalue weighted by Crippen LogP contribution is 2.13. The molecule has 1 N–H and O–H groups in total. The van der Waals surface area contributed by atoms with E-state index in [2.05, 4.69) is 13.5 Å². The van der Waals surface area contributed by atoms with E-state index in [-0.39, 0.29) is 6.61 Å². The monoisotopic (exact) mass is 326 g/mol. The second-order valence-electron chi connectivity index (χ2n) is 6.71. The number of hydrogen-bond acceptors (Lipinski definition) is 3. The van der Waals surface area contributed by atoms with Crippen LogP contribution in [0.25, 0.3) is 0 Å². The van der Waals surface area contributed by atoms with Crippen LogP contribution >= 0.6 is 0 Å². The van der Waals surface area contributed by atoms with Crippen LogP contribution in [0.3, 0.4) is 0 Å². The van der Waals surface area contributed by atoms with Crippen LogP contribution in [0.4, 0.5) is 0 Å². The van der Waals surface area contributed by atoms with Crippen molar-refractivity contribution in [2.24, 2.45) is 0 Å². The van der Waals surface area contributed by atoms with Crippen molar-refractivity contribution < 1.29 is 14.6 Å². The average Bonchev–Trinajstić information content (AvgIpc) is 2.53. The number of aliphatic hydroxyl groups excluding tert-OH is 1. The molecule has 0 rings (SSSR count). The number of unbranched alkanes of at least 4 members (excludes halogenated alkanes) is 11. The van der Waals surface area contributed by atoms with Gasteiger partial charge in [-0.2, -0.15) is 0 Å². The van der Waals surface area contributed by atoms with Crippen molar-refractivity contribution in [2.45, 2.75) is 103 Å². The van der Waals surface area contributed by atoms with E-state index in [1.165, 1.54) is 64.2 Å². The fourth-order valence-electron chi connectivity index (χ4n) is 2.60. The normalized spacial score (nSPS) is 12.1. The molecule has 0 fully saturated rings. The van der Waals surface area contributed by atoms with Gasteiger partial charge in [-0.05, 0) is 13.3 Å². The highest BCUT2D eigenvalue weighted by molar-refractivity contribution is 5.86. The summed E-state index contributed by atoms with van der Waals surface area (Å²) in [6.07, 6.45) is 15.9. The van der Waals surface area contributed by atoms with E-state index in [0.29, 0.717) is 12.0 Å². The summed E-state index contributed by atoms with van der Waals surface area (Å²) >= 11 is 0. The van der Waals surface area contributed by atoms with Crippen LogP contribution in [0.1, 0.15) is 97.3 Å². The third-order valence-electron chi connectivity index (χ3n) is 4.15. The van der Waals surface area contributed by atoms with Crippen molar-refractivity contribution in [3.05, 3.63) is 12.2 Å². The van der Waals surface area contributed by atoms with Gasteiger partial charge in [-0.1, -0.05) is 90.6 Å². The number of carbonyl (C=O) groups is 1. The molecule has 1 atom stereocenters. The molecule has 0 aromatic carbocycles. The molecule has 0 aliphatic heterocycles. The van der Waals surface area contributed by atoms with Crippen molar-refractivity contribution in [3.63, 3.8) is 0 Å². The smallest absolute Gasteiger partial charge is 0.333 e. The van der Waals surface area contributed by atoms with Gasteiger partial charge in [0.15, 0.2) is 0 Å². The SMILES string of the molecule is C=C(C)C(=O)OCC(O)CCCCCCCCCCCCCC. The molecular weight excluding hydrogens is 288 g/mol. The van der Waals surface area contributed by atoms with E-state index in [4.69, 9.17) is 4.74 Å². The van der Waals surface area contributed by atoms with Gasteiger partial charge in [-0.15, -0.1) is 0 Å². The first-order valence-electron chi connectivity index (χ1n) is 9.58. The zero-order valence-corrected chi connectivity index (χ0v) is 15.4. The molecule has 0 heterocycles. The van der Waals surface area contributed by atoms with Gasteiger partial charge in [0.25, 0.3) is 0 Å².